The van der Waals surface area contributed by atoms with Gasteiger partial charge in [0.2, 0.25) is 0 Å². The Morgan fingerprint density at radius 3 is 3.00 bits per heavy atom. The summed E-state index contributed by atoms with van der Waals surface area (Å²) in [6.07, 6.45) is 3.35. The van der Waals surface area contributed by atoms with Gasteiger partial charge in [-0.15, -0.1) is 0 Å². The normalized spacial score (nSPS) is 25.0. The zero-order valence-electron chi connectivity index (χ0n) is 9.94. The van der Waals surface area contributed by atoms with Gasteiger partial charge in [0.15, 0.2) is 6.10 Å². The predicted molar refractivity (Wildman–Crippen MR) is 69.6 cm³/mol. The van der Waals surface area contributed by atoms with Gasteiger partial charge < -0.3 is 15.8 Å². The monoisotopic (exact) mass is 231 g/mol. The Balaban J connectivity index is 1.92. The van der Waals surface area contributed by atoms with Crippen molar-refractivity contribution in [2.24, 2.45) is 4.99 Å². The summed E-state index contributed by atoms with van der Waals surface area (Å²) in [7, 11) is 0. The van der Waals surface area contributed by atoms with Crippen LogP contribution in [0.5, 0.6) is 5.75 Å². The number of rotatable bonds is 2. The van der Waals surface area contributed by atoms with Crippen LogP contribution in [0.15, 0.2) is 23.2 Å². The lowest BCUT2D eigenvalue weighted by atomic mass is 10.1. The number of anilines is 2. The van der Waals surface area contributed by atoms with Crippen molar-refractivity contribution in [3.8, 4) is 5.75 Å². The SMILES string of the molecule is CCC1Oc2cc(N)ccc2NC1=NC1CC1. The van der Waals surface area contributed by atoms with Crippen LogP contribution in [0.25, 0.3) is 0 Å². The number of ether oxygens (including phenoxy) is 1. The second kappa shape index (κ2) is 3.95. The molecule has 17 heavy (non-hydrogen) atoms. The third-order valence-electron chi connectivity index (χ3n) is 3.08. The third kappa shape index (κ3) is 2.07. The fourth-order valence-electron chi connectivity index (χ4n) is 1.96. The van der Waals surface area contributed by atoms with Crippen molar-refractivity contribution in [2.45, 2.75) is 38.3 Å². The first-order valence-electron chi connectivity index (χ1n) is 6.17. The molecule has 1 aromatic carbocycles. The lowest BCUT2D eigenvalue weighted by Crippen LogP contribution is -2.37. The van der Waals surface area contributed by atoms with Gasteiger partial charge in [-0.2, -0.15) is 0 Å². The summed E-state index contributed by atoms with van der Waals surface area (Å²) < 4.78 is 5.93. The number of benzene rings is 1. The maximum absolute atomic E-state index is 5.93. The van der Waals surface area contributed by atoms with Crippen molar-refractivity contribution < 1.29 is 4.74 Å². The Morgan fingerprint density at radius 1 is 1.47 bits per heavy atom. The number of nitrogen functional groups attached to an aromatic ring is 1. The highest BCUT2D eigenvalue weighted by Gasteiger charge is 2.28. The van der Waals surface area contributed by atoms with Crippen molar-refractivity contribution in [1.82, 2.24) is 0 Å². The van der Waals surface area contributed by atoms with E-state index in [9.17, 15) is 0 Å². The highest BCUT2D eigenvalue weighted by molar-refractivity contribution is 6.02. The molecular weight excluding hydrogens is 214 g/mol. The molecule has 1 aliphatic heterocycles. The van der Waals surface area contributed by atoms with Gasteiger partial charge in [0, 0.05) is 11.8 Å². The molecule has 1 aromatic rings. The van der Waals surface area contributed by atoms with E-state index in [0.717, 1.165) is 29.4 Å². The molecule has 2 aliphatic rings. The van der Waals surface area contributed by atoms with Crippen LogP contribution in [0.3, 0.4) is 0 Å². The second-order valence-corrected chi connectivity index (χ2v) is 4.64. The molecule has 0 spiro atoms. The molecule has 0 radical (unpaired) electrons. The summed E-state index contributed by atoms with van der Waals surface area (Å²) in [5.74, 6) is 1.79. The summed E-state index contributed by atoms with van der Waals surface area (Å²) in [6, 6.07) is 6.18. The zero-order chi connectivity index (χ0) is 11.8. The molecule has 0 aromatic heterocycles. The van der Waals surface area contributed by atoms with Gasteiger partial charge in [0.1, 0.15) is 11.6 Å². The highest BCUT2D eigenvalue weighted by Crippen LogP contribution is 2.33. The van der Waals surface area contributed by atoms with Crippen LogP contribution >= 0.6 is 0 Å². The van der Waals surface area contributed by atoms with Crippen molar-refractivity contribution in [3.63, 3.8) is 0 Å². The molecule has 3 rings (SSSR count). The fourth-order valence-corrected chi connectivity index (χ4v) is 1.96. The molecule has 3 N–H and O–H groups in total. The van der Waals surface area contributed by atoms with Gasteiger partial charge in [-0.1, -0.05) is 6.92 Å². The van der Waals surface area contributed by atoms with Crippen molar-refractivity contribution in [2.75, 3.05) is 11.1 Å². The number of fused-ring (bicyclic) bond motifs is 1. The van der Waals surface area contributed by atoms with Gasteiger partial charge in [0.05, 0.1) is 11.7 Å². The molecule has 1 atom stereocenters. The maximum atomic E-state index is 5.93. The third-order valence-corrected chi connectivity index (χ3v) is 3.08. The predicted octanol–water partition coefficient (Wildman–Crippen LogP) is 2.41. The van der Waals surface area contributed by atoms with E-state index in [1.54, 1.807) is 0 Å². The van der Waals surface area contributed by atoms with Crippen LogP contribution in [0.2, 0.25) is 0 Å². The van der Waals surface area contributed by atoms with Crippen molar-refractivity contribution in [1.29, 1.82) is 0 Å². The van der Waals surface area contributed by atoms with Crippen LogP contribution in [0, 0.1) is 0 Å². The molecular formula is C13H17N3O. The van der Waals surface area contributed by atoms with Gasteiger partial charge in [-0.25, -0.2) is 0 Å². The molecule has 1 saturated carbocycles. The first-order valence-corrected chi connectivity index (χ1v) is 6.17. The number of aliphatic imine (C=N–C) groups is 1. The van der Waals surface area contributed by atoms with E-state index >= 15 is 0 Å². The van der Waals surface area contributed by atoms with E-state index in [-0.39, 0.29) is 6.10 Å². The van der Waals surface area contributed by atoms with E-state index in [4.69, 9.17) is 10.5 Å². The first-order chi connectivity index (χ1) is 8.26. The lowest BCUT2D eigenvalue weighted by Gasteiger charge is -2.28. The molecule has 1 aliphatic carbocycles. The van der Waals surface area contributed by atoms with E-state index in [1.165, 1.54) is 12.8 Å². The quantitative estimate of drug-likeness (QED) is 0.768. The van der Waals surface area contributed by atoms with E-state index in [2.05, 4.69) is 17.2 Å². The van der Waals surface area contributed by atoms with Crippen molar-refractivity contribution >= 4 is 17.2 Å². The summed E-state index contributed by atoms with van der Waals surface area (Å²) in [5.41, 5.74) is 7.44. The van der Waals surface area contributed by atoms with Crippen LogP contribution < -0.4 is 15.8 Å². The van der Waals surface area contributed by atoms with E-state index in [1.807, 2.05) is 18.2 Å². The number of nitrogens with two attached hydrogens (primary N) is 1. The van der Waals surface area contributed by atoms with Crippen LogP contribution in [-0.4, -0.2) is 18.0 Å². The number of amidine groups is 1. The van der Waals surface area contributed by atoms with Gasteiger partial charge >= 0.3 is 0 Å². The molecule has 1 fully saturated rings. The smallest absolute Gasteiger partial charge is 0.155 e. The molecule has 0 bridgehead atoms. The topological polar surface area (TPSA) is 59.6 Å². The van der Waals surface area contributed by atoms with Crippen LogP contribution in [0.1, 0.15) is 26.2 Å². The minimum Gasteiger partial charge on any atom is -0.480 e. The molecule has 4 nitrogen and oxygen atoms in total. The maximum Gasteiger partial charge on any atom is 0.155 e. The first kappa shape index (κ1) is 10.4. The molecule has 0 saturated heterocycles. The Morgan fingerprint density at radius 2 is 2.29 bits per heavy atom. The Hall–Kier alpha value is -1.71. The average Bonchev–Trinajstić information content (AvgIpc) is 3.12. The summed E-state index contributed by atoms with van der Waals surface area (Å²) in [6.45, 7) is 2.10. The largest absolute Gasteiger partial charge is 0.480 e. The Kier molecular flexibility index (Phi) is 2.42. The second-order valence-electron chi connectivity index (χ2n) is 4.64. The van der Waals surface area contributed by atoms with Crippen LogP contribution in [-0.2, 0) is 0 Å². The molecule has 1 unspecified atom stereocenters. The number of nitrogens with one attached hydrogen (secondary N) is 1. The van der Waals surface area contributed by atoms with Gasteiger partial charge in [-0.3, -0.25) is 4.99 Å². The molecule has 90 valence electrons. The Bertz CT molecular complexity index is 466. The highest BCUT2D eigenvalue weighted by atomic mass is 16.5. The summed E-state index contributed by atoms with van der Waals surface area (Å²) in [4.78, 5) is 4.67. The lowest BCUT2D eigenvalue weighted by molar-refractivity contribution is 0.258. The minimum atomic E-state index is 0.0323. The number of hydrogen-bond donors (Lipinski definition) is 2. The molecule has 0 amide bonds. The minimum absolute atomic E-state index is 0.0323. The van der Waals surface area contributed by atoms with E-state index in [0.29, 0.717) is 6.04 Å². The number of hydrogen-bond acceptors (Lipinski definition) is 3. The average molecular weight is 231 g/mol. The van der Waals surface area contributed by atoms with Crippen molar-refractivity contribution in [3.05, 3.63) is 18.2 Å². The summed E-state index contributed by atoms with van der Waals surface area (Å²) in [5, 5.41) is 3.37. The number of nitrogens with zero attached hydrogens (tertiary/aromatic N) is 1. The van der Waals surface area contributed by atoms with Gasteiger partial charge in [0.25, 0.3) is 0 Å². The van der Waals surface area contributed by atoms with Gasteiger partial charge in [-0.05, 0) is 31.4 Å². The molecule has 1 heterocycles. The zero-order valence-corrected chi connectivity index (χ0v) is 9.94. The van der Waals surface area contributed by atoms with E-state index < -0.39 is 0 Å². The summed E-state index contributed by atoms with van der Waals surface area (Å²) >= 11 is 0. The van der Waals surface area contributed by atoms with Crippen LogP contribution in [0.4, 0.5) is 11.4 Å². The Labute approximate surface area is 101 Å². The fraction of sp³-hybridized carbons (Fsp3) is 0.462. The standard InChI is InChI=1S/C13H17N3O/c1-2-11-13(15-9-4-5-9)16-10-6-3-8(14)7-12(10)17-11/h3,6-7,9,11H,2,4-5,14H2,1H3,(H,15,16). The molecule has 4 heteroatoms.